The largest absolute Gasteiger partial charge is 0.504 e. The molecule has 7 nitrogen and oxygen atoms in total. The number of nitrogens with zero attached hydrogens (tertiary/aromatic N) is 1. The molecule has 0 radical (unpaired) electrons. The third-order valence-corrected chi connectivity index (χ3v) is 5.60. The molecule has 0 spiro atoms. The number of aromatic nitrogens is 1. The summed E-state index contributed by atoms with van der Waals surface area (Å²) in [5, 5.41) is 20.9. The lowest BCUT2D eigenvalue weighted by Gasteiger charge is -2.24. The van der Waals surface area contributed by atoms with Crippen molar-refractivity contribution in [3.63, 3.8) is 0 Å². The number of pyridine rings is 1. The molecule has 146 valence electrons. The number of aromatic hydroxyl groups is 1. The number of amides is 1. The lowest BCUT2D eigenvalue weighted by Crippen LogP contribution is -2.52. The van der Waals surface area contributed by atoms with Gasteiger partial charge in [0.15, 0.2) is 11.6 Å². The number of carbonyl (C=O) groups excluding carboxylic acids is 1. The molecule has 0 saturated heterocycles. The number of carbonyl (C=O) groups is 1. The van der Waals surface area contributed by atoms with Crippen LogP contribution < -0.4 is 5.32 Å². The quantitative estimate of drug-likeness (QED) is 0.719. The molecule has 1 aromatic heterocycles. The first-order valence-corrected chi connectivity index (χ1v) is 8.88. The fraction of sp³-hybridized carbons (Fsp3) is 0.250. The van der Waals surface area contributed by atoms with Crippen LogP contribution in [0.3, 0.4) is 0 Å². The highest BCUT2D eigenvalue weighted by Gasteiger charge is 2.56. The number of hydrogen-bond acceptors (Lipinski definition) is 6. The predicted molar refractivity (Wildman–Crippen MR) is 87.8 cm³/mol. The number of aliphatic hydroxyl groups is 1. The van der Waals surface area contributed by atoms with Crippen LogP contribution in [0, 0.1) is 6.92 Å². The first-order chi connectivity index (χ1) is 12.3. The number of sulfone groups is 1. The molecular formula is C16H15F3N2O5S. The zero-order valence-corrected chi connectivity index (χ0v) is 14.9. The lowest BCUT2D eigenvalue weighted by atomic mass is 10.1. The van der Waals surface area contributed by atoms with Crippen LogP contribution in [0.5, 0.6) is 5.75 Å². The van der Waals surface area contributed by atoms with E-state index < -0.39 is 39.1 Å². The van der Waals surface area contributed by atoms with E-state index in [0.29, 0.717) is 0 Å². The third kappa shape index (κ3) is 3.88. The average Bonchev–Trinajstić information content (AvgIpc) is 2.57. The van der Waals surface area contributed by atoms with Crippen LogP contribution in [0.15, 0.2) is 46.2 Å². The maximum Gasteiger partial charge on any atom is 0.426 e. The molecule has 11 heteroatoms. The van der Waals surface area contributed by atoms with Gasteiger partial charge in [0.05, 0.1) is 15.5 Å². The number of anilines is 1. The highest BCUT2D eigenvalue weighted by molar-refractivity contribution is 7.91. The second-order valence-electron chi connectivity index (χ2n) is 5.78. The van der Waals surface area contributed by atoms with E-state index in [1.165, 1.54) is 31.2 Å². The molecular weight excluding hydrogens is 389 g/mol. The summed E-state index contributed by atoms with van der Waals surface area (Å²) in [6.07, 6.45) is -5.27. The summed E-state index contributed by atoms with van der Waals surface area (Å²) in [6.45, 7) is 1.48. The van der Waals surface area contributed by atoms with E-state index in [-0.39, 0.29) is 22.4 Å². The van der Waals surface area contributed by atoms with Crippen molar-refractivity contribution >= 4 is 21.6 Å². The van der Waals surface area contributed by atoms with Gasteiger partial charge in [-0.1, -0.05) is 18.2 Å². The first kappa shape index (κ1) is 20.6. The number of hydrogen-bond donors (Lipinski definition) is 3. The fourth-order valence-corrected chi connectivity index (χ4v) is 3.50. The Morgan fingerprint density at radius 2 is 1.74 bits per heavy atom. The number of aryl methyl sites for hydroxylation is 1. The van der Waals surface area contributed by atoms with E-state index in [0.717, 1.165) is 6.07 Å². The Hall–Kier alpha value is -2.66. The van der Waals surface area contributed by atoms with Crippen molar-refractivity contribution in [3.05, 3.63) is 42.1 Å². The van der Waals surface area contributed by atoms with Gasteiger partial charge in [0.2, 0.25) is 15.4 Å². The summed E-state index contributed by atoms with van der Waals surface area (Å²) in [5.74, 6) is -3.47. The molecule has 0 aliphatic carbocycles. The van der Waals surface area contributed by atoms with Gasteiger partial charge in [0.1, 0.15) is 0 Å². The number of nitrogens with one attached hydrogen (secondary N) is 1. The highest BCUT2D eigenvalue weighted by Crippen LogP contribution is 2.34. The van der Waals surface area contributed by atoms with E-state index in [1.807, 2.05) is 0 Å². The molecule has 0 aliphatic heterocycles. The van der Waals surface area contributed by atoms with E-state index in [9.17, 15) is 36.6 Å². The molecule has 1 atom stereocenters. The molecule has 3 N–H and O–H groups in total. The maximum absolute atomic E-state index is 12.7. The van der Waals surface area contributed by atoms with Gasteiger partial charge in [-0.2, -0.15) is 13.2 Å². The Morgan fingerprint density at radius 3 is 2.26 bits per heavy atom. The van der Waals surface area contributed by atoms with Gasteiger partial charge in [-0.25, -0.2) is 13.4 Å². The second-order valence-corrected chi connectivity index (χ2v) is 7.70. The van der Waals surface area contributed by atoms with Gasteiger partial charge in [-0.05, 0) is 26.0 Å². The normalized spacial score (nSPS) is 14.4. The van der Waals surface area contributed by atoms with Crippen LogP contribution in [0.25, 0.3) is 0 Å². The molecule has 0 unspecified atom stereocenters. The Morgan fingerprint density at radius 1 is 1.19 bits per heavy atom. The Balaban J connectivity index is 2.43. The number of halogens is 3. The Labute approximate surface area is 152 Å². The molecule has 1 amide bonds. The fourth-order valence-electron chi connectivity index (χ4n) is 2.03. The highest BCUT2D eigenvalue weighted by atomic mass is 32.2. The lowest BCUT2D eigenvalue weighted by molar-refractivity contribution is -0.242. The molecule has 2 aromatic rings. The summed E-state index contributed by atoms with van der Waals surface area (Å²) in [6, 6.07) is 7.99. The Bertz CT molecular complexity index is 974. The molecule has 27 heavy (non-hydrogen) atoms. The van der Waals surface area contributed by atoms with Gasteiger partial charge in [-0.3, -0.25) is 4.79 Å². The van der Waals surface area contributed by atoms with E-state index in [2.05, 4.69) is 4.98 Å². The Kier molecular flexibility index (Phi) is 5.21. The van der Waals surface area contributed by atoms with Crippen LogP contribution in [0.2, 0.25) is 0 Å². The van der Waals surface area contributed by atoms with Crippen molar-refractivity contribution in [2.45, 2.75) is 35.4 Å². The van der Waals surface area contributed by atoms with E-state index >= 15 is 0 Å². The predicted octanol–water partition coefficient (Wildman–Crippen LogP) is 2.18. The summed E-state index contributed by atoms with van der Waals surface area (Å²) >= 11 is 0. The first-order valence-electron chi connectivity index (χ1n) is 7.40. The van der Waals surface area contributed by atoms with Crippen molar-refractivity contribution in [3.8, 4) is 5.75 Å². The van der Waals surface area contributed by atoms with Gasteiger partial charge in [0, 0.05) is 6.07 Å². The van der Waals surface area contributed by atoms with Crippen LogP contribution in [-0.2, 0) is 14.6 Å². The molecule has 0 saturated carbocycles. The molecule has 0 fully saturated rings. The summed E-state index contributed by atoms with van der Waals surface area (Å²) in [7, 11) is -4.05. The van der Waals surface area contributed by atoms with Crippen LogP contribution in [-0.4, -0.2) is 41.3 Å². The van der Waals surface area contributed by atoms with Crippen molar-refractivity contribution < 1.29 is 36.6 Å². The summed E-state index contributed by atoms with van der Waals surface area (Å²) in [5.41, 5.74) is -3.90. The molecule has 0 bridgehead atoms. The molecule has 2 rings (SSSR count). The maximum atomic E-state index is 12.7. The topological polar surface area (TPSA) is 117 Å². The molecule has 1 heterocycles. The molecule has 0 aliphatic rings. The minimum Gasteiger partial charge on any atom is -0.504 e. The van der Waals surface area contributed by atoms with Crippen molar-refractivity contribution in [2.75, 3.05) is 5.32 Å². The van der Waals surface area contributed by atoms with Crippen molar-refractivity contribution in [1.29, 1.82) is 0 Å². The number of rotatable bonds is 4. The van der Waals surface area contributed by atoms with Gasteiger partial charge >= 0.3 is 6.18 Å². The van der Waals surface area contributed by atoms with E-state index in [1.54, 1.807) is 11.4 Å². The summed E-state index contributed by atoms with van der Waals surface area (Å²) in [4.78, 5) is 14.9. The van der Waals surface area contributed by atoms with Crippen molar-refractivity contribution in [2.24, 2.45) is 0 Å². The van der Waals surface area contributed by atoms with Crippen molar-refractivity contribution in [1.82, 2.24) is 4.98 Å². The van der Waals surface area contributed by atoms with E-state index in [4.69, 9.17) is 0 Å². The van der Waals surface area contributed by atoms with Crippen LogP contribution >= 0.6 is 0 Å². The smallest absolute Gasteiger partial charge is 0.426 e. The second kappa shape index (κ2) is 6.82. The SMILES string of the molecule is Cc1nc(NC(=O)[C@@](C)(O)C(F)(F)F)c(O)cc1S(=O)(=O)c1ccccc1. The minimum absolute atomic E-state index is 0.0777. The van der Waals surface area contributed by atoms with Crippen LogP contribution in [0.4, 0.5) is 19.0 Å². The molecule has 1 aromatic carbocycles. The van der Waals surface area contributed by atoms with Gasteiger partial charge in [0.25, 0.3) is 5.91 Å². The van der Waals surface area contributed by atoms with Gasteiger partial charge in [-0.15, -0.1) is 0 Å². The number of alkyl halides is 3. The summed E-state index contributed by atoms with van der Waals surface area (Å²) < 4.78 is 63.3. The zero-order chi connectivity index (χ0) is 20.6. The third-order valence-electron chi connectivity index (χ3n) is 3.72. The average molecular weight is 404 g/mol. The number of benzene rings is 1. The minimum atomic E-state index is -5.27. The monoisotopic (exact) mass is 404 g/mol. The van der Waals surface area contributed by atoms with Gasteiger partial charge < -0.3 is 15.5 Å². The van der Waals surface area contributed by atoms with Crippen LogP contribution in [0.1, 0.15) is 12.6 Å². The standard InChI is InChI=1S/C16H15F3N2O5S/c1-9-12(27(25,26)10-6-4-3-5-7-10)8-11(22)13(20-9)21-14(23)15(2,24)16(17,18)19/h3-8,22,24H,1-2H3,(H,20,21,23)/t15-/m1/s1. The zero-order valence-electron chi connectivity index (χ0n) is 14.1.